The van der Waals surface area contributed by atoms with Crippen molar-refractivity contribution in [2.45, 2.75) is 38.5 Å². The molecule has 1 aliphatic rings. The molecule has 1 aromatic heterocycles. The monoisotopic (exact) mass is 271 g/mol. The van der Waals surface area contributed by atoms with Crippen LogP contribution in [0.15, 0.2) is 29.6 Å². The molecule has 0 atom stereocenters. The van der Waals surface area contributed by atoms with Gasteiger partial charge in [-0.1, -0.05) is 30.7 Å². The van der Waals surface area contributed by atoms with Crippen molar-refractivity contribution in [1.29, 1.82) is 0 Å². The van der Waals surface area contributed by atoms with E-state index in [1.54, 1.807) is 11.3 Å². The lowest BCUT2D eigenvalue weighted by atomic mass is 9.77. The Bertz CT molecular complexity index is 598. The maximum absolute atomic E-state index is 12.5. The molecule has 1 aromatic carbocycles. The third-order valence-electron chi connectivity index (χ3n) is 3.81. The van der Waals surface area contributed by atoms with E-state index in [1.807, 2.05) is 30.5 Å². The van der Waals surface area contributed by atoms with Crippen LogP contribution in [0, 0.1) is 6.92 Å². The molecular weight excluding hydrogens is 254 g/mol. The molecule has 2 nitrogen and oxygen atoms in total. The van der Waals surface area contributed by atoms with Gasteiger partial charge in [-0.15, -0.1) is 11.3 Å². The van der Waals surface area contributed by atoms with Crippen molar-refractivity contribution < 1.29 is 4.79 Å². The maximum Gasteiger partial charge on any atom is 0.169 e. The fourth-order valence-electron chi connectivity index (χ4n) is 2.58. The fourth-order valence-corrected chi connectivity index (χ4v) is 3.19. The Morgan fingerprint density at radius 3 is 2.79 bits per heavy atom. The van der Waals surface area contributed by atoms with E-state index >= 15 is 0 Å². The molecule has 3 rings (SSSR count). The summed E-state index contributed by atoms with van der Waals surface area (Å²) in [6.07, 6.45) is 4.16. The molecule has 1 aliphatic carbocycles. The molecule has 0 spiro atoms. The van der Waals surface area contributed by atoms with Gasteiger partial charge >= 0.3 is 0 Å². The second kappa shape index (κ2) is 5.25. The van der Waals surface area contributed by atoms with Gasteiger partial charge in [0, 0.05) is 10.9 Å². The van der Waals surface area contributed by atoms with Crippen LogP contribution in [0.3, 0.4) is 0 Å². The predicted molar refractivity (Wildman–Crippen MR) is 77.9 cm³/mol. The summed E-state index contributed by atoms with van der Waals surface area (Å²) in [5.74, 6) is 0.796. The third-order valence-corrected chi connectivity index (χ3v) is 4.64. The van der Waals surface area contributed by atoms with Crippen molar-refractivity contribution in [3.63, 3.8) is 0 Å². The SMILES string of the molecule is Cc1nc(CC(=O)c2ccccc2C2CCC2)cs1. The van der Waals surface area contributed by atoms with Gasteiger partial charge in [0.25, 0.3) is 0 Å². The molecule has 0 unspecified atom stereocenters. The highest BCUT2D eigenvalue weighted by atomic mass is 32.1. The summed E-state index contributed by atoms with van der Waals surface area (Å²) >= 11 is 1.60. The van der Waals surface area contributed by atoms with Crippen molar-refractivity contribution in [2.24, 2.45) is 0 Å². The Hall–Kier alpha value is -1.48. The minimum absolute atomic E-state index is 0.202. The molecule has 0 radical (unpaired) electrons. The lowest BCUT2D eigenvalue weighted by Gasteiger charge is -2.27. The molecule has 0 amide bonds. The normalized spacial score (nSPS) is 15.2. The molecule has 0 saturated heterocycles. The Morgan fingerprint density at radius 1 is 1.37 bits per heavy atom. The quantitative estimate of drug-likeness (QED) is 0.782. The van der Waals surface area contributed by atoms with Crippen LogP contribution in [-0.2, 0) is 6.42 Å². The number of carbonyl (C=O) groups is 1. The highest BCUT2D eigenvalue weighted by Gasteiger charge is 2.24. The van der Waals surface area contributed by atoms with Gasteiger partial charge in [0.05, 0.1) is 17.1 Å². The second-order valence-corrected chi connectivity index (χ2v) is 6.24. The number of hydrogen-bond donors (Lipinski definition) is 0. The number of aryl methyl sites for hydroxylation is 1. The number of thiazole rings is 1. The van der Waals surface area contributed by atoms with Gasteiger partial charge in [0.15, 0.2) is 5.78 Å². The van der Waals surface area contributed by atoms with E-state index in [-0.39, 0.29) is 5.78 Å². The molecule has 1 saturated carbocycles. The van der Waals surface area contributed by atoms with E-state index in [9.17, 15) is 4.79 Å². The van der Waals surface area contributed by atoms with Crippen LogP contribution in [0.1, 0.15) is 51.8 Å². The number of carbonyl (C=O) groups excluding carboxylic acids is 1. The van der Waals surface area contributed by atoms with Crippen LogP contribution in [0.5, 0.6) is 0 Å². The number of Topliss-reactive ketones (excluding diaryl/α,β-unsaturated/α-hetero) is 1. The van der Waals surface area contributed by atoms with E-state index in [0.29, 0.717) is 12.3 Å². The standard InChI is InChI=1S/C16H17NOS/c1-11-17-13(10-19-11)9-16(18)15-8-3-2-7-14(15)12-5-4-6-12/h2-3,7-8,10,12H,4-6,9H2,1H3. The first-order valence-electron chi connectivity index (χ1n) is 6.77. The summed E-state index contributed by atoms with van der Waals surface area (Å²) in [4.78, 5) is 16.8. The van der Waals surface area contributed by atoms with Crippen LogP contribution >= 0.6 is 11.3 Å². The average Bonchev–Trinajstić information content (AvgIpc) is 2.73. The molecule has 19 heavy (non-hydrogen) atoms. The Balaban J connectivity index is 1.83. The van der Waals surface area contributed by atoms with Gasteiger partial charge in [-0.05, 0) is 31.2 Å². The molecule has 0 N–H and O–H groups in total. The van der Waals surface area contributed by atoms with Crippen LogP contribution < -0.4 is 0 Å². The Labute approximate surface area is 117 Å². The minimum Gasteiger partial charge on any atom is -0.294 e. The van der Waals surface area contributed by atoms with Gasteiger partial charge in [0.2, 0.25) is 0 Å². The molecule has 1 fully saturated rings. The van der Waals surface area contributed by atoms with E-state index in [2.05, 4.69) is 11.1 Å². The van der Waals surface area contributed by atoms with Crippen molar-refractivity contribution in [1.82, 2.24) is 4.98 Å². The minimum atomic E-state index is 0.202. The summed E-state index contributed by atoms with van der Waals surface area (Å²) in [5.41, 5.74) is 3.04. The van der Waals surface area contributed by atoms with Crippen molar-refractivity contribution in [3.05, 3.63) is 51.5 Å². The number of hydrogen-bond acceptors (Lipinski definition) is 3. The average molecular weight is 271 g/mol. The Morgan fingerprint density at radius 2 is 2.16 bits per heavy atom. The number of benzene rings is 1. The lowest BCUT2D eigenvalue weighted by molar-refractivity contribution is 0.0990. The van der Waals surface area contributed by atoms with Crippen molar-refractivity contribution >= 4 is 17.1 Å². The summed E-state index contributed by atoms with van der Waals surface area (Å²) < 4.78 is 0. The zero-order chi connectivity index (χ0) is 13.2. The topological polar surface area (TPSA) is 30.0 Å². The first-order valence-corrected chi connectivity index (χ1v) is 7.65. The van der Waals surface area contributed by atoms with E-state index in [1.165, 1.54) is 24.8 Å². The maximum atomic E-state index is 12.5. The number of nitrogens with zero attached hydrogens (tertiary/aromatic N) is 1. The van der Waals surface area contributed by atoms with Crippen molar-refractivity contribution in [3.8, 4) is 0 Å². The van der Waals surface area contributed by atoms with Gasteiger partial charge in [-0.3, -0.25) is 4.79 Å². The molecule has 98 valence electrons. The summed E-state index contributed by atoms with van der Waals surface area (Å²) in [7, 11) is 0. The predicted octanol–water partition coefficient (Wildman–Crippen LogP) is 4.14. The highest BCUT2D eigenvalue weighted by molar-refractivity contribution is 7.09. The van der Waals surface area contributed by atoms with Crippen LogP contribution in [0.2, 0.25) is 0 Å². The van der Waals surface area contributed by atoms with Gasteiger partial charge in [-0.25, -0.2) is 4.98 Å². The summed E-state index contributed by atoms with van der Waals surface area (Å²) in [6, 6.07) is 8.08. The first kappa shape index (κ1) is 12.5. The molecule has 3 heteroatoms. The lowest BCUT2D eigenvalue weighted by Crippen LogP contribution is -2.15. The van der Waals surface area contributed by atoms with E-state index in [4.69, 9.17) is 0 Å². The number of ketones is 1. The molecule has 2 aromatic rings. The van der Waals surface area contributed by atoms with Gasteiger partial charge < -0.3 is 0 Å². The van der Waals surface area contributed by atoms with Crippen LogP contribution in [-0.4, -0.2) is 10.8 Å². The largest absolute Gasteiger partial charge is 0.294 e. The third kappa shape index (κ3) is 2.61. The van der Waals surface area contributed by atoms with Crippen LogP contribution in [0.4, 0.5) is 0 Å². The fraction of sp³-hybridized carbons (Fsp3) is 0.375. The molecule has 0 bridgehead atoms. The summed E-state index contributed by atoms with van der Waals surface area (Å²) in [5, 5.41) is 3.01. The zero-order valence-electron chi connectivity index (χ0n) is 11.1. The molecule has 0 aliphatic heterocycles. The van der Waals surface area contributed by atoms with Crippen molar-refractivity contribution in [2.75, 3.05) is 0 Å². The second-order valence-electron chi connectivity index (χ2n) is 5.17. The number of aromatic nitrogens is 1. The highest BCUT2D eigenvalue weighted by Crippen LogP contribution is 2.38. The summed E-state index contributed by atoms with van der Waals surface area (Å²) in [6.45, 7) is 1.97. The molecular formula is C16H17NOS. The zero-order valence-corrected chi connectivity index (χ0v) is 11.9. The van der Waals surface area contributed by atoms with E-state index < -0.39 is 0 Å². The van der Waals surface area contributed by atoms with E-state index in [0.717, 1.165) is 16.3 Å². The van der Waals surface area contributed by atoms with Crippen LogP contribution in [0.25, 0.3) is 0 Å². The van der Waals surface area contributed by atoms with Gasteiger partial charge in [0.1, 0.15) is 0 Å². The first-order chi connectivity index (χ1) is 9.24. The Kier molecular flexibility index (Phi) is 3.47. The molecule has 1 heterocycles. The van der Waals surface area contributed by atoms with Gasteiger partial charge in [-0.2, -0.15) is 0 Å². The smallest absolute Gasteiger partial charge is 0.169 e. The number of rotatable bonds is 4.